The van der Waals surface area contributed by atoms with Crippen LogP contribution in [-0.2, 0) is 9.84 Å². The minimum absolute atomic E-state index is 0.0126. The second kappa shape index (κ2) is 15.8. The van der Waals surface area contributed by atoms with Crippen LogP contribution in [0.1, 0.15) is 103 Å². The molecule has 1 aliphatic heterocycles. The van der Waals surface area contributed by atoms with Crippen molar-refractivity contribution >= 4 is 15.5 Å². The van der Waals surface area contributed by atoms with Crippen molar-refractivity contribution in [2.75, 3.05) is 57.5 Å². The lowest BCUT2D eigenvalue weighted by atomic mass is 9.68. The number of fused-ring (bicyclic) bond motifs is 1. The van der Waals surface area contributed by atoms with Crippen LogP contribution in [-0.4, -0.2) is 76.7 Å². The first-order valence-corrected chi connectivity index (χ1v) is 18.5. The van der Waals surface area contributed by atoms with Gasteiger partial charge in [-0.15, -0.1) is 0 Å². The van der Waals surface area contributed by atoms with E-state index < -0.39 is 27.3 Å². The summed E-state index contributed by atoms with van der Waals surface area (Å²) in [5.41, 5.74) is 1.86. The lowest BCUT2D eigenvalue weighted by molar-refractivity contribution is -0.923. The number of unbranched alkanes of at least 4 members (excludes halogenated alkanes) is 3. The molecule has 0 unspecified atom stereocenters. The summed E-state index contributed by atoms with van der Waals surface area (Å²) < 4.78 is 35.4. The van der Waals surface area contributed by atoms with Crippen LogP contribution < -0.4 is 9.64 Å². The van der Waals surface area contributed by atoms with Crippen molar-refractivity contribution in [3.8, 4) is 5.75 Å². The molecule has 2 atom stereocenters. The Labute approximate surface area is 263 Å². The lowest BCUT2D eigenvalue weighted by Crippen LogP contribution is -2.48. The summed E-state index contributed by atoms with van der Waals surface area (Å²) in [7, 11) is 0.313. The Bertz CT molecular complexity index is 1220. The van der Waals surface area contributed by atoms with E-state index in [0.29, 0.717) is 29.9 Å². The van der Waals surface area contributed by atoms with Gasteiger partial charge in [-0.05, 0) is 87.9 Å². The predicted molar refractivity (Wildman–Crippen MR) is 180 cm³/mol. The molecule has 0 saturated heterocycles. The smallest absolute Gasteiger partial charge is 0.179 e. The van der Waals surface area contributed by atoms with Crippen LogP contribution in [0, 0.1) is 5.41 Å². The monoisotopic (exact) mass is 615 g/mol. The summed E-state index contributed by atoms with van der Waals surface area (Å²) >= 11 is 0. The fourth-order valence-electron chi connectivity index (χ4n) is 7.05. The molecule has 2 aromatic rings. The Morgan fingerprint density at radius 3 is 2.02 bits per heavy atom. The highest BCUT2D eigenvalue weighted by molar-refractivity contribution is 7.91. The minimum atomic E-state index is -3.61. The zero-order chi connectivity index (χ0) is 31.7. The molecule has 0 saturated carbocycles. The van der Waals surface area contributed by atoms with E-state index in [9.17, 15) is 13.5 Å². The predicted octanol–water partition coefficient (Wildman–Crippen LogP) is 7.44. The van der Waals surface area contributed by atoms with Crippen LogP contribution in [0.4, 0.5) is 5.69 Å². The van der Waals surface area contributed by atoms with Crippen LogP contribution in [0.15, 0.2) is 47.4 Å². The topological polar surface area (TPSA) is 66.8 Å². The summed E-state index contributed by atoms with van der Waals surface area (Å²) in [5.74, 6) is 0.353. The number of quaternary nitrogens is 1. The zero-order valence-corrected chi connectivity index (χ0v) is 28.9. The number of hydrogen-bond acceptors (Lipinski definition) is 5. The molecule has 0 radical (unpaired) electrons. The van der Waals surface area contributed by atoms with E-state index >= 15 is 0 Å². The van der Waals surface area contributed by atoms with Crippen LogP contribution in [0.2, 0.25) is 0 Å². The van der Waals surface area contributed by atoms with Gasteiger partial charge < -0.3 is 19.2 Å². The average molecular weight is 616 g/mol. The third-order valence-electron chi connectivity index (χ3n) is 10.2. The Morgan fingerprint density at radius 1 is 0.884 bits per heavy atom. The number of aliphatic hydroxyl groups excluding tert-OH is 1. The highest BCUT2D eigenvalue weighted by Crippen LogP contribution is 2.50. The molecule has 0 fully saturated rings. The van der Waals surface area contributed by atoms with Crippen molar-refractivity contribution < 1.29 is 22.7 Å². The van der Waals surface area contributed by atoms with Crippen LogP contribution in [0.25, 0.3) is 0 Å². The lowest BCUT2D eigenvalue weighted by Gasteiger charge is -2.40. The molecule has 2 aromatic carbocycles. The first-order valence-electron chi connectivity index (χ1n) is 16.8. The number of aliphatic hydroxyl groups is 1. The van der Waals surface area contributed by atoms with Crippen molar-refractivity contribution in [2.45, 2.75) is 103 Å². The molecule has 0 aliphatic carbocycles. The molecule has 242 valence electrons. The maximum absolute atomic E-state index is 14.0. The van der Waals surface area contributed by atoms with E-state index in [2.05, 4.69) is 34.6 Å². The van der Waals surface area contributed by atoms with Crippen LogP contribution in [0.3, 0.4) is 0 Å². The highest BCUT2D eigenvalue weighted by Gasteiger charge is 2.49. The van der Waals surface area contributed by atoms with Gasteiger partial charge in [-0.3, -0.25) is 0 Å². The van der Waals surface area contributed by atoms with Crippen molar-refractivity contribution in [1.82, 2.24) is 0 Å². The minimum Gasteiger partial charge on any atom is -0.494 e. The number of sulfone groups is 1. The molecule has 0 spiro atoms. The Balaban J connectivity index is 1.94. The third-order valence-corrected chi connectivity index (χ3v) is 12.2. The van der Waals surface area contributed by atoms with Gasteiger partial charge in [-0.25, -0.2) is 8.42 Å². The fourth-order valence-corrected chi connectivity index (χ4v) is 9.24. The maximum Gasteiger partial charge on any atom is 0.179 e. The number of benzene rings is 2. The molecule has 0 aromatic heterocycles. The number of rotatable bonds is 17. The Hall–Kier alpha value is -2.09. The molecule has 1 heterocycles. The van der Waals surface area contributed by atoms with Crippen LogP contribution >= 0.6 is 0 Å². The van der Waals surface area contributed by atoms with Gasteiger partial charge in [0.1, 0.15) is 5.75 Å². The quantitative estimate of drug-likeness (QED) is 0.148. The largest absolute Gasteiger partial charge is 0.494 e. The fraction of sp³-hybridized carbons (Fsp3) is 0.667. The maximum atomic E-state index is 14.0. The molecule has 6 nitrogen and oxygen atoms in total. The zero-order valence-electron chi connectivity index (χ0n) is 28.1. The van der Waals surface area contributed by atoms with Crippen molar-refractivity contribution in [1.29, 1.82) is 0 Å². The van der Waals surface area contributed by atoms with E-state index in [4.69, 9.17) is 4.74 Å². The SMILES string of the molecule is CCCCC1(CCCC)CS(=O)(=O)c2ccc(N(C)C)cc2[C@@H](c2ccc(OCCCC[N+](CC)(CC)CC)cc2)[C@H]1O. The van der Waals surface area contributed by atoms with Gasteiger partial charge in [-0.2, -0.15) is 0 Å². The second-order valence-electron chi connectivity index (χ2n) is 13.0. The summed E-state index contributed by atoms with van der Waals surface area (Å²) in [6.45, 7) is 16.5. The van der Waals surface area contributed by atoms with Crippen molar-refractivity contribution in [3.05, 3.63) is 53.6 Å². The third kappa shape index (κ3) is 8.34. The van der Waals surface area contributed by atoms with Gasteiger partial charge in [0.2, 0.25) is 0 Å². The summed E-state index contributed by atoms with van der Waals surface area (Å²) in [6.07, 6.45) is 6.44. The van der Waals surface area contributed by atoms with Gasteiger partial charge in [0, 0.05) is 31.1 Å². The molecule has 1 N–H and O–H groups in total. The Kier molecular flexibility index (Phi) is 13.0. The first-order chi connectivity index (χ1) is 20.5. The molecule has 0 bridgehead atoms. The van der Waals surface area contributed by atoms with E-state index in [1.807, 2.05) is 55.4 Å². The van der Waals surface area contributed by atoms with Crippen LogP contribution in [0.5, 0.6) is 5.75 Å². The summed E-state index contributed by atoms with van der Waals surface area (Å²) in [4.78, 5) is 2.35. The number of hydrogen-bond donors (Lipinski definition) is 1. The van der Waals surface area contributed by atoms with Gasteiger partial charge >= 0.3 is 0 Å². The van der Waals surface area contributed by atoms with Crippen molar-refractivity contribution in [2.24, 2.45) is 5.41 Å². The number of ether oxygens (including phenoxy) is 1. The number of anilines is 1. The summed E-state index contributed by atoms with van der Waals surface area (Å²) in [6, 6.07) is 13.7. The molecular weight excluding hydrogens is 556 g/mol. The molecule has 0 amide bonds. The van der Waals surface area contributed by atoms with Gasteiger partial charge in [0.15, 0.2) is 9.84 Å². The molecule has 7 heteroatoms. The van der Waals surface area contributed by atoms with E-state index in [1.165, 1.54) is 26.2 Å². The molecule has 43 heavy (non-hydrogen) atoms. The average Bonchev–Trinajstić information content (AvgIpc) is 3.07. The molecule has 3 rings (SSSR count). The Morgan fingerprint density at radius 2 is 1.49 bits per heavy atom. The van der Waals surface area contributed by atoms with Gasteiger partial charge in [0.25, 0.3) is 0 Å². The number of nitrogens with zero attached hydrogens (tertiary/aromatic N) is 2. The normalized spacial score (nSPS) is 19.4. The van der Waals surface area contributed by atoms with Gasteiger partial charge in [-0.1, -0.05) is 51.7 Å². The molecule has 1 aliphatic rings. The van der Waals surface area contributed by atoms with Crippen molar-refractivity contribution in [3.63, 3.8) is 0 Å². The standard InChI is InChI=1S/C36H59N2O4S/c1-8-13-23-36(24-14-9-2)28-43(40,41)33-22-19-30(37(6)7)27-32(33)34(35(36)39)29-17-20-31(21-18-29)42-26-16-15-25-38(10-3,11-4)12-5/h17-22,27,34-35,39H,8-16,23-26,28H2,1-7H3/q+1/t34-,35-/m1/s1. The first kappa shape index (κ1) is 35.4. The van der Waals surface area contributed by atoms with E-state index in [0.717, 1.165) is 60.0 Å². The van der Waals surface area contributed by atoms with E-state index in [-0.39, 0.29) is 5.75 Å². The second-order valence-corrected chi connectivity index (χ2v) is 15.0. The molecular formula is C36H59N2O4S+. The van der Waals surface area contributed by atoms with Gasteiger partial charge in [0.05, 0.1) is 49.5 Å². The highest BCUT2D eigenvalue weighted by atomic mass is 32.2. The van der Waals surface area contributed by atoms with E-state index in [1.54, 1.807) is 6.07 Å². The summed E-state index contributed by atoms with van der Waals surface area (Å²) in [5, 5.41) is 12.4.